The zero-order valence-electron chi connectivity index (χ0n) is 9.93. The highest BCUT2D eigenvalue weighted by molar-refractivity contribution is 5.88. The van der Waals surface area contributed by atoms with Crippen molar-refractivity contribution in [2.24, 2.45) is 0 Å². The van der Waals surface area contributed by atoms with Crippen molar-refractivity contribution in [2.45, 2.75) is 19.0 Å². The molecular weight excluding hydrogens is 230 g/mol. The Balaban J connectivity index is 4.27. The first-order chi connectivity index (χ1) is 7.79. The van der Waals surface area contributed by atoms with E-state index < -0.39 is 30.7 Å². The van der Waals surface area contributed by atoms with Gasteiger partial charge in [0.15, 0.2) is 6.04 Å². The normalized spacial score (nSPS) is 13.4. The Morgan fingerprint density at radius 1 is 1.24 bits per heavy atom. The number of urea groups is 1. The quantitative estimate of drug-likeness (QED) is 0.457. The molecule has 2 atom stereocenters. The molecule has 0 aromatic rings. The van der Waals surface area contributed by atoms with Gasteiger partial charge in [0.25, 0.3) is 0 Å². The summed E-state index contributed by atoms with van der Waals surface area (Å²) in [4.78, 5) is 34.5. The molecule has 2 unspecified atom stereocenters. The lowest BCUT2D eigenvalue weighted by Crippen LogP contribution is -2.53. The third-order valence-corrected chi connectivity index (χ3v) is 1.94. The van der Waals surface area contributed by atoms with Crippen molar-refractivity contribution < 1.29 is 24.6 Å². The van der Waals surface area contributed by atoms with Crippen molar-refractivity contribution in [3.8, 4) is 0 Å². The number of hydrogen-bond donors (Lipinski definition) is 4. The number of amides is 3. The molecule has 8 nitrogen and oxygen atoms in total. The number of carbonyl (C=O) groups is 3. The van der Waals surface area contributed by atoms with E-state index in [0.717, 1.165) is 0 Å². The van der Waals surface area contributed by atoms with Crippen LogP contribution in [-0.2, 0) is 9.59 Å². The van der Waals surface area contributed by atoms with Gasteiger partial charge >= 0.3 is 12.0 Å². The van der Waals surface area contributed by atoms with Gasteiger partial charge in [-0.2, -0.15) is 0 Å². The predicted octanol–water partition coefficient (Wildman–Crippen LogP) is -1.79. The average Bonchev–Trinajstić information content (AvgIpc) is 2.23. The number of carboxylic acid groups (broad SMARTS) is 1. The predicted molar refractivity (Wildman–Crippen MR) is 58.3 cm³/mol. The summed E-state index contributed by atoms with van der Waals surface area (Å²) in [5.74, 6) is -1.68. The van der Waals surface area contributed by atoms with Crippen LogP contribution in [0.4, 0.5) is 4.79 Å². The number of aliphatic carboxylic acids is 1. The van der Waals surface area contributed by atoms with Crippen LogP contribution in [0.25, 0.3) is 0 Å². The van der Waals surface area contributed by atoms with Crippen molar-refractivity contribution in [1.29, 1.82) is 0 Å². The lowest BCUT2D eigenvalue weighted by atomic mass is 10.3. The monoisotopic (exact) mass is 247 g/mol. The molecule has 0 rings (SSSR count). The Kier molecular flexibility index (Phi) is 5.97. The van der Waals surface area contributed by atoms with Crippen LogP contribution in [0.15, 0.2) is 0 Å². The molecule has 0 radical (unpaired) electrons. The molecule has 0 fully saturated rings. The van der Waals surface area contributed by atoms with Crippen molar-refractivity contribution in [3.05, 3.63) is 0 Å². The van der Waals surface area contributed by atoms with Crippen LogP contribution in [-0.4, -0.2) is 65.8 Å². The standard InChI is InChI=1S/C9H17N3O5/c1-5(7(14)12(2)3)10-9(17)11-6(4-13)8(15)16/h5-6,13H,4H2,1-3H3,(H,15,16)(H2,10,11,17). The number of carbonyl (C=O) groups excluding carboxylic acids is 2. The van der Waals surface area contributed by atoms with Gasteiger partial charge in [0.05, 0.1) is 6.61 Å². The van der Waals surface area contributed by atoms with Gasteiger partial charge in [-0.15, -0.1) is 0 Å². The Labute approximate surface area is 98.6 Å². The van der Waals surface area contributed by atoms with Crippen molar-refractivity contribution in [3.63, 3.8) is 0 Å². The molecule has 0 aromatic carbocycles. The van der Waals surface area contributed by atoms with E-state index in [9.17, 15) is 14.4 Å². The fourth-order valence-corrected chi connectivity index (χ4v) is 1.03. The molecule has 0 aromatic heterocycles. The van der Waals surface area contributed by atoms with E-state index >= 15 is 0 Å². The molecule has 0 bridgehead atoms. The van der Waals surface area contributed by atoms with Crippen LogP contribution in [0.3, 0.4) is 0 Å². The highest BCUT2D eigenvalue weighted by Gasteiger charge is 2.22. The fourth-order valence-electron chi connectivity index (χ4n) is 1.03. The topological polar surface area (TPSA) is 119 Å². The summed E-state index contributed by atoms with van der Waals surface area (Å²) in [6, 6.07) is -3.00. The molecule has 0 saturated carbocycles. The molecule has 0 saturated heterocycles. The first kappa shape index (κ1) is 15.2. The largest absolute Gasteiger partial charge is 0.480 e. The summed E-state index contributed by atoms with van der Waals surface area (Å²) in [6.45, 7) is 0.745. The van der Waals surface area contributed by atoms with E-state index in [4.69, 9.17) is 10.2 Å². The second-order valence-electron chi connectivity index (χ2n) is 3.65. The number of hydrogen-bond acceptors (Lipinski definition) is 4. The van der Waals surface area contributed by atoms with E-state index in [1.807, 2.05) is 5.32 Å². The third-order valence-electron chi connectivity index (χ3n) is 1.94. The maximum absolute atomic E-state index is 11.4. The lowest BCUT2D eigenvalue weighted by molar-refractivity contribution is -0.140. The van der Waals surface area contributed by atoms with E-state index in [0.29, 0.717) is 0 Å². The van der Waals surface area contributed by atoms with Crippen LogP contribution in [0, 0.1) is 0 Å². The zero-order chi connectivity index (χ0) is 13.6. The van der Waals surface area contributed by atoms with Crippen molar-refractivity contribution in [1.82, 2.24) is 15.5 Å². The zero-order valence-corrected chi connectivity index (χ0v) is 9.93. The number of likely N-dealkylation sites (N-methyl/N-ethyl adjacent to an activating group) is 1. The highest BCUT2D eigenvalue weighted by atomic mass is 16.4. The number of nitrogens with one attached hydrogen (secondary N) is 2. The molecule has 0 aliphatic heterocycles. The first-order valence-corrected chi connectivity index (χ1v) is 4.91. The van der Waals surface area contributed by atoms with Gasteiger partial charge < -0.3 is 25.7 Å². The van der Waals surface area contributed by atoms with Gasteiger partial charge in [-0.3, -0.25) is 4.79 Å². The van der Waals surface area contributed by atoms with Crippen LogP contribution >= 0.6 is 0 Å². The number of carboxylic acids is 1. The number of aliphatic hydroxyl groups excluding tert-OH is 1. The lowest BCUT2D eigenvalue weighted by Gasteiger charge is -2.19. The maximum Gasteiger partial charge on any atom is 0.328 e. The molecular formula is C9H17N3O5. The van der Waals surface area contributed by atoms with E-state index in [2.05, 4.69) is 5.32 Å². The van der Waals surface area contributed by atoms with E-state index in [-0.39, 0.29) is 5.91 Å². The summed E-state index contributed by atoms with van der Waals surface area (Å²) in [5.41, 5.74) is 0. The molecule has 0 aliphatic rings. The average molecular weight is 247 g/mol. The third kappa shape index (κ3) is 5.16. The first-order valence-electron chi connectivity index (χ1n) is 4.91. The summed E-state index contributed by atoms with van der Waals surface area (Å²) < 4.78 is 0. The Bertz CT molecular complexity index is 305. The van der Waals surface area contributed by atoms with E-state index in [1.54, 1.807) is 0 Å². The minimum Gasteiger partial charge on any atom is -0.480 e. The second-order valence-corrected chi connectivity index (χ2v) is 3.65. The fraction of sp³-hybridized carbons (Fsp3) is 0.667. The van der Waals surface area contributed by atoms with Crippen molar-refractivity contribution in [2.75, 3.05) is 20.7 Å². The molecule has 17 heavy (non-hydrogen) atoms. The highest BCUT2D eigenvalue weighted by Crippen LogP contribution is 1.89. The molecule has 98 valence electrons. The summed E-state index contributed by atoms with van der Waals surface area (Å²) >= 11 is 0. The summed E-state index contributed by atoms with van der Waals surface area (Å²) in [7, 11) is 3.07. The van der Waals surface area contributed by atoms with Gasteiger partial charge in [0.1, 0.15) is 6.04 Å². The van der Waals surface area contributed by atoms with Crippen LogP contribution in [0.2, 0.25) is 0 Å². The Hall–Kier alpha value is -1.83. The SMILES string of the molecule is CC(NC(=O)NC(CO)C(=O)O)C(=O)N(C)C. The molecule has 0 aliphatic carbocycles. The van der Waals surface area contributed by atoms with E-state index in [1.165, 1.54) is 25.9 Å². The Morgan fingerprint density at radius 2 is 1.76 bits per heavy atom. The van der Waals surface area contributed by atoms with Crippen molar-refractivity contribution >= 4 is 17.9 Å². The minimum absolute atomic E-state index is 0.323. The number of rotatable bonds is 5. The molecule has 4 N–H and O–H groups in total. The smallest absolute Gasteiger partial charge is 0.328 e. The molecule has 8 heteroatoms. The van der Waals surface area contributed by atoms with Crippen LogP contribution in [0.5, 0.6) is 0 Å². The summed E-state index contributed by atoms with van der Waals surface area (Å²) in [5, 5.41) is 21.5. The molecule has 0 spiro atoms. The number of aliphatic hydroxyl groups is 1. The van der Waals surface area contributed by atoms with Gasteiger partial charge in [-0.1, -0.05) is 0 Å². The van der Waals surface area contributed by atoms with Crippen LogP contribution < -0.4 is 10.6 Å². The minimum atomic E-state index is -1.39. The molecule has 3 amide bonds. The summed E-state index contributed by atoms with van der Waals surface area (Å²) in [6.07, 6.45) is 0. The maximum atomic E-state index is 11.4. The van der Waals surface area contributed by atoms with Gasteiger partial charge in [0, 0.05) is 14.1 Å². The van der Waals surface area contributed by atoms with Gasteiger partial charge in [-0.05, 0) is 6.92 Å². The number of nitrogens with zero attached hydrogens (tertiary/aromatic N) is 1. The Morgan fingerprint density at radius 3 is 2.12 bits per heavy atom. The second kappa shape index (κ2) is 6.69. The van der Waals surface area contributed by atoms with Gasteiger partial charge in [-0.25, -0.2) is 9.59 Å². The van der Waals surface area contributed by atoms with Crippen LogP contribution in [0.1, 0.15) is 6.92 Å². The van der Waals surface area contributed by atoms with Gasteiger partial charge in [0.2, 0.25) is 5.91 Å². The molecule has 0 heterocycles.